The summed E-state index contributed by atoms with van der Waals surface area (Å²) in [6.07, 6.45) is 0.265. The van der Waals surface area contributed by atoms with Crippen molar-refractivity contribution in [1.82, 2.24) is 45.9 Å². The predicted molar refractivity (Wildman–Crippen MR) is 357 cm³/mol. The predicted octanol–water partition coefficient (Wildman–Crippen LogP) is 3.58. The van der Waals surface area contributed by atoms with Gasteiger partial charge in [0.1, 0.15) is 28.8 Å². The first-order valence-electron chi connectivity index (χ1n) is 28.0. The number of hydrogen-bond acceptors (Lipinski definition) is 16. The van der Waals surface area contributed by atoms with E-state index in [1.54, 1.807) is 84.8 Å². The minimum atomic E-state index is -1.09. The zero-order valence-corrected chi connectivity index (χ0v) is 72.8. The second-order valence-corrected chi connectivity index (χ2v) is 17.1. The molecule has 0 aliphatic carbocycles. The molecule has 21 radical (unpaired) electrons. The van der Waals surface area contributed by atoms with Crippen LogP contribution < -0.4 is 73.2 Å². The Bertz CT molecular complexity index is 1620. The van der Waals surface area contributed by atoms with Crippen LogP contribution in [0.2, 0.25) is 0 Å². The number of alkyl carbamates (subject to hydrolysis) is 2. The number of carbonyl (C=O) groups excluding carboxylic acids is 6. The zero-order chi connectivity index (χ0) is 65.1. The number of rotatable bonds is 12. The molecule has 5 amide bonds. The topological polar surface area (TPSA) is 342 Å². The molecule has 4 unspecified atom stereocenters. The molecule has 4 atom stereocenters. The first-order chi connectivity index (χ1) is 36.2. The Labute approximate surface area is 660 Å². The largest absolute Gasteiger partial charge is 1.00 e. The first-order valence-corrected chi connectivity index (χ1v) is 28.0. The maximum absolute atomic E-state index is 11.3. The average molecular weight is 1530 g/mol. The van der Waals surface area contributed by atoms with Crippen molar-refractivity contribution in [2.45, 2.75) is 269 Å². The standard InChI is InChI=1S/C10H20N2O3.C8H15NO4.C8H19N.C6H11N2O.C6H9N2O.C5H12N2O.C2H7N.5C2H6.CHO.5B.Na.H2O.6V/c1-6-11-8(13)7(2)12-9(14)15-10(3,4)5;1-5(6(10)11)9-7(12)13-8(2,3)4;1-6-9(7(2)3)8(4)5;2*1-3-8-4-7-5(2)6(8)9;1-3-7-5(8)4(2)6;1-2-3;6*1-2;;;;;;;;;;;;;/h7H,6H2,1-5H3,(H,11,13)(H,12,14);5H,1-4H3,(H,9,12)(H,10,11);7-8H,6H2,1-5H3;4-5,7H,3H2,1-2H3;4H,3H2,1-2H3;4H,3,6H2,1-2H3,(H,7,8);2-3H2,1H3;5*1-2H3;1H;;;;;;;1H2;;;;;;/q;;;2*-1;;;;;;;;-1;;;;;;+1;;;;;;;/p-1. The Morgan fingerprint density at radius 2 is 0.945 bits per heavy atom. The van der Waals surface area contributed by atoms with E-state index in [9.17, 15) is 33.6 Å². The average Bonchev–Trinajstić information content (AvgIpc) is 3.88. The van der Waals surface area contributed by atoms with Crippen molar-refractivity contribution >= 4 is 84.7 Å². The molecule has 91 heavy (non-hydrogen) atoms. The van der Waals surface area contributed by atoms with Gasteiger partial charge in [0.25, 0.3) is 0 Å². The van der Waals surface area contributed by atoms with E-state index >= 15 is 0 Å². The smallest absolute Gasteiger partial charge is 0.870 e. The summed E-state index contributed by atoms with van der Waals surface area (Å²) < 4.78 is 11.4. The number of aromatic nitrogens is 2. The summed E-state index contributed by atoms with van der Waals surface area (Å²) in [5, 5.41) is 21.2. The van der Waals surface area contributed by atoms with Crippen LogP contribution in [-0.4, -0.2) is 195 Å². The van der Waals surface area contributed by atoms with Crippen LogP contribution in [-0.2, 0) is 151 Å². The molecule has 0 aromatic carbocycles. The van der Waals surface area contributed by atoms with Crippen LogP contribution in [0.15, 0.2) is 11.1 Å². The van der Waals surface area contributed by atoms with Gasteiger partial charge in [-0.1, -0.05) is 95.7 Å². The van der Waals surface area contributed by atoms with Crippen molar-refractivity contribution in [3.8, 4) is 0 Å². The molecule has 1 aromatic rings. The molecule has 1 aliphatic heterocycles. The van der Waals surface area contributed by atoms with Gasteiger partial charge in [0.15, 0.2) is 0 Å². The fourth-order valence-corrected chi connectivity index (χ4v) is 4.61. The van der Waals surface area contributed by atoms with Gasteiger partial charge in [0.05, 0.1) is 12.1 Å². The quantitative estimate of drug-likeness (QED) is 0.0842. The number of likely N-dealkylation sites (N-methyl/N-ethyl adjacent to an activating group) is 3. The number of imidazole rings is 1. The number of carboxylic acids is 1. The molecule has 0 saturated carbocycles. The third-order valence-corrected chi connectivity index (χ3v) is 7.81. The van der Waals surface area contributed by atoms with Crippen molar-refractivity contribution in [3.05, 3.63) is 29.0 Å². The van der Waals surface area contributed by atoms with Gasteiger partial charge in [-0.3, -0.25) is 30.9 Å². The molecule has 2 rings (SSSR count). The normalized spacial score (nSPS) is 10.6. The van der Waals surface area contributed by atoms with Crippen LogP contribution in [0.25, 0.3) is 0 Å². The van der Waals surface area contributed by atoms with E-state index in [0.29, 0.717) is 37.4 Å². The number of carbonyl (C=O) groups is 6. The molecule has 0 bridgehead atoms. The Kier molecular flexibility index (Phi) is 205. The van der Waals surface area contributed by atoms with Crippen LogP contribution in [0, 0.1) is 13.6 Å². The number of aliphatic carboxylic acids is 1. The molecule has 2 heterocycles. The molecule has 1 aromatic heterocycles. The van der Waals surface area contributed by atoms with E-state index in [2.05, 4.69) is 77.9 Å². The third-order valence-electron chi connectivity index (χ3n) is 7.81. The van der Waals surface area contributed by atoms with Crippen LogP contribution in [0.1, 0.15) is 213 Å². The van der Waals surface area contributed by atoms with Crippen molar-refractivity contribution in [1.29, 1.82) is 0 Å². The van der Waals surface area contributed by atoms with E-state index < -0.39 is 41.4 Å². The summed E-state index contributed by atoms with van der Waals surface area (Å²) in [5.41, 5.74) is 9.50. The molecule has 1 saturated heterocycles. The van der Waals surface area contributed by atoms with Gasteiger partial charge in [0.2, 0.25) is 17.7 Å². The number of carboxylic acid groups (broad SMARTS) is 1. The van der Waals surface area contributed by atoms with Gasteiger partial charge in [-0.2, -0.15) is 6.67 Å². The van der Waals surface area contributed by atoms with Crippen LogP contribution in [0.5, 0.6) is 0 Å². The summed E-state index contributed by atoms with van der Waals surface area (Å²) in [4.78, 5) is 91.9. The van der Waals surface area contributed by atoms with Crippen LogP contribution >= 0.6 is 0 Å². The van der Waals surface area contributed by atoms with Crippen molar-refractivity contribution in [2.24, 2.45) is 11.5 Å². The number of nitrogens with two attached hydrogens (primary N) is 2. The maximum atomic E-state index is 11.3. The van der Waals surface area contributed by atoms with Crippen molar-refractivity contribution in [2.75, 3.05) is 32.7 Å². The van der Waals surface area contributed by atoms with Crippen molar-refractivity contribution in [3.63, 3.8) is 0 Å². The van der Waals surface area contributed by atoms with E-state index in [-0.39, 0.29) is 224 Å². The Morgan fingerprint density at radius 3 is 1.09 bits per heavy atom. The van der Waals surface area contributed by atoms with Crippen LogP contribution in [0.4, 0.5) is 9.59 Å². The molecule has 23 nitrogen and oxygen atoms in total. The molecule has 1 fully saturated rings. The van der Waals surface area contributed by atoms with Gasteiger partial charge < -0.3 is 82.1 Å². The molecule has 0 spiro atoms. The summed E-state index contributed by atoms with van der Waals surface area (Å²) >= 11 is 0. The second-order valence-electron chi connectivity index (χ2n) is 17.1. The van der Waals surface area contributed by atoms with E-state index in [0.717, 1.165) is 19.6 Å². The Hall–Kier alpha value is -0.269. The minimum Gasteiger partial charge on any atom is -0.870 e. The number of aryl methyl sites for hydroxylation is 2. The molecule has 525 valence electrons. The Balaban J connectivity index is -0.0000000253. The van der Waals surface area contributed by atoms with E-state index in [4.69, 9.17) is 30.8 Å². The number of nitrogens with one attached hydrogen (secondary N) is 5. The summed E-state index contributed by atoms with van der Waals surface area (Å²) in [7, 11) is 0. The van der Waals surface area contributed by atoms with E-state index in [1.165, 1.54) is 6.92 Å². The zero-order valence-electron chi connectivity index (χ0n) is 62.4. The molecular formula is C56H125B5N11NaO12V6-3. The second kappa shape index (κ2) is 114. The summed E-state index contributed by atoms with van der Waals surface area (Å²) in [5.74, 6) is -1.24. The number of nitrogens with zero attached hydrogens (tertiary/aromatic N) is 4. The monoisotopic (exact) mass is 1530 g/mol. The molecule has 1 aliphatic rings. The third kappa shape index (κ3) is 120. The minimum absolute atomic E-state index is 0. The summed E-state index contributed by atoms with van der Waals surface area (Å²) in [6.45, 7) is 68.8. The van der Waals surface area contributed by atoms with Gasteiger partial charge in [-0.25, -0.2) is 9.59 Å². The summed E-state index contributed by atoms with van der Waals surface area (Å²) in [6, 6.07) is -0.542. The Morgan fingerprint density at radius 1 is 0.648 bits per heavy atom. The SMILES string of the molecule is CC.CC.CC.CC.CC.CC(NC(=O)OC(C)(C)C)C(=O)O.CCN.CCN(C(C)C)C(C)C.CCN1[CH-]NC(C)C1=O.CCNC(=O)C(C)N.CCNC(=O)C(C)NC(=O)OC(C)(C)C.CCn1[cH-]nc(C)c1=O.[B].[B].[B].[B].[B].[CH-]=O.[Na+].[OH-].[V].[V].[V].[V].[V].[V]. The number of ether oxygens (including phenoxy) is 2. The molecule has 11 N–H and O–H groups in total. The van der Waals surface area contributed by atoms with Gasteiger partial charge in [-0.15, -0.1) is 0 Å². The van der Waals surface area contributed by atoms with Gasteiger partial charge >= 0.3 is 47.7 Å². The molecular weight excluding hydrogens is 1400 g/mol. The van der Waals surface area contributed by atoms with Crippen molar-refractivity contribution < 1.29 is 195 Å². The van der Waals surface area contributed by atoms with E-state index in [1.807, 2.05) is 111 Å². The fourth-order valence-electron chi connectivity index (χ4n) is 4.61. The number of amides is 5. The first kappa shape index (κ1) is 164. The maximum Gasteiger partial charge on any atom is 1.00 e. The van der Waals surface area contributed by atoms with Crippen LogP contribution in [0.3, 0.4) is 0 Å². The fraction of sp³-hybridized carbons (Fsp3) is 0.804. The number of hydrogen-bond donors (Lipinski definition) is 8. The van der Waals surface area contributed by atoms with Gasteiger partial charge in [-0.05, 0) is 157 Å². The molecule has 35 heteroatoms. The van der Waals surface area contributed by atoms with Gasteiger partial charge in [0, 0.05) is 179 Å².